The summed E-state index contributed by atoms with van der Waals surface area (Å²) in [6, 6.07) is 6.40. The number of rotatable bonds is 2. The van der Waals surface area contributed by atoms with Crippen molar-refractivity contribution in [2.24, 2.45) is 5.92 Å². The highest BCUT2D eigenvalue weighted by atomic mass is 35.5. The first-order valence-electron chi connectivity index (χ1n) is 7.07. The number of alkyl halides is 1. The lowest BCUT2D eigenvalue weighted by Crippen LogP contribution is -2.22. The average Bonchev–Trinajstić information content (AvgIpc) is 2.74. The van der Waals surface area contributed by atoms with E-state index in [1.165, 1.54) is 11.1 Å². The first-order chi connectivity index (χ1) is 9.08. The van der Waals surface area contributed by atoms with Crippen LogP contribution in [-0.4, -0.2) is 19.8 Å². The van der Waals surface area contributed by atoms with E-state index >= 15 is 0 Å². The van der Waals surface area contributed by atoms with Gasteiger partial charge in [0.25, 0.3) is 0 Å². The van der Waals surface area contributed by atoms with Crippen LogP contribution in [0.4, 0.5) is 0 Å². The second-order valence-electron chi connectivity index (χ2n) is 6.31. The maximum atomic E-state index is 6.66. The molecule has 1 fully saturated rings. The molecule has 0 N–H and O–H groups in total. The van der Waals surface area contributed by atoms with Gasteiger partial charge >= 0.3 is 0 Å². The Bertz CT molecular complexity index is 464. The lowest BCUT2D eigenvalue weighted by molar-refractivity contribution is 0.0531. The van der Waals surface area contributed by atoms with Crippen LogP contribution in [0.3, 0.4) is 0 Å². The number of halogens is 1. The Morgan fingerprint density at radius 1 is 1.37 bits per heavy atom. The van der Waals surface area contributed by atoms with Crippen molar-refractivity contribution in [1.82, 2.24) is 0 Å². The molecule has 3 rings (SSSR count). The summed E-state index contributed by atoms with van der Waals surface area (Å²) in [5, 5.41) is 0.0435. The first-order valence-corrected chi connectivity index (χ1v) is 7.50. The Balaban J connectivity index is 1.85. The van der Waals surface area contributed by atoms with Crippen LogP contribution in [-0.2, 0) is 10.2 Å². The van der Waals surface area contributed by atoms with Crippen LogP contribution in [0.5, 0.6) is 5.75 Å². The second kappa shape index (κ2) is 4.99. The maximum absolute atomic E-state index is 6.66. The quantitative estimate of drug-likeness (QED) is 0.761. The highest BCUT2D eigenvalue weighted by molar-refractivity contribution is 6.21. The topological polar surface area (TPSA) is 18.5 Å². The minimum atomic E-state index is 0.0435. The van der Waals surface area contributed by atoms with Gasteiger partial charge in [-0.25, -0.2) is 0 Å². The Morgan fingerprint density at radius 2 is 2.21 bits per heavy atom. The largest absolute Gasteiger partial charge is 0.492 e. The van der Waals surface area contributed by atoms with Crippen molar-refractivity contribution in [3.63, 3.8) is 0 Å². The molecule has 19 heavy (non-hydrogen) atoms. The van der Waals surface area contributed by atoms with Crippen LogP contribution < -0.4 is 4.74 Å². The number of benzene rings is 1. The third-order valence-corrected chi connectivity index (χ3v) is 4.86. The third kappa shape index (κ3) is 2.48. The van der Waals surface area contributed by atoms with Crippen molar-refractivity contribution < 1.29 is 9.47 Å². The van der Waals surface area contributed by atoms with Gasteiger partial charge < -0.3 is 9.47 Å². The van der Waals surface area contributed by atoms with Gasteiger partial charge in [0.2, 0.25) is 0 Å². The molecule has 104 valence electrons. The lowest BCUT2D eigenvalue weighted by Gasteiger charge is -2.27. The summed E-state index contributed by atoms with van der Waals surface area (Å²) in [6.07, 6.45) is 2.28. The Hall–Kier alpha value is -0.730. The van der Waals surface area contributed by atoms with E-state index in [4.69, 9.17) is 21.1 Å². The molecular formula is C16H21ClO2. The molecule has 0 saturated carbocycles. The molecule has 0 amide bonds. The van der Waals surface area contributed by atoms with Crippen molar-refractivity contribution in [3.8, 4) is 5.75 Å². The van der Waals surface area contributed by atoms with E-state index in [1.807, 2.05) is 0 Å². The molecule has 2 unspecified atom stereocenters. The molecule has 1 saturated heterocycles. The summed E-state index contributed by atoms with van der Waals surface area (Å²) in [5.41, 5.74) is 2.58. The van der Waals surface area contributed by atoms with Crippen molar-refractivity contribution in [1.29, 1.82) is 0 Å². The summed E-state index contributed by atoms with van der Waals surface area (Å²) in [7, 11) is 0. The molecule has 1 aromatic rings. The Morgan fingerprint density at radius 3 is 2.95 bits per heavy atom. The molecule has 0 radical (unpaired) electrons. The van der Waals surface area contributed by atoms with E-state index in [2.05, 4.69) is 32.0 Å². The van der Waals surface area contributed by atoms with E-state index in [-0.39, 0.29) is 10.8 Å². The second-order valence-corrected chi connectivity index (χ2v) is 6.78. The molecule has 3 heteroatoms. The van der Waals surface area contributed by atoms with Crippen molar-refractivity contribution in [2.45, 2.75) is 37.5 Å². The molecule has 2 heterocycles. The van der Waals surface area contributed by atoms with Gasteiger partial charge in [0.15, 0.2) is 0 Å². The fourth-order valence-electron chi connectivity index (χ4n) is 2.98. The van der Waals surface area contributed by atoms with E-state index in [0.29, 0.717) is 5.92 Å². The summed E-state index contributed by atoms with van der Waals surface area (Å²) in [6.45, 7) is 6.85. The van der Waals surface area contributed by atoms with Crippen LogP contribution in [0.1, 0.15) is 43.2 Å². The molecule has 1 aromatic carbocycles. The van der Waals surface area contributed by atoms with E-state index in [0.717, 1.165) is 38.4 Å². The van der Waals surface area contributed by atoms with Gasteiger partial charge in [0, 0.05) is 23.5 Å². The van der Waals surface area contributed by atoms with E-state index in [9.17, 15) is 0 Å². The highest BCUT2D eigenvalue weighted by Gasteiger charge is 2.33. The predicted octanol–water partition coefficient (Wildman–Crippen LogP) is 4.06. The monoisotopic (exact) mass is 280 g/mol. The minimum Gasteiger partial charge on any atom is -0.492 e. The van der Waals surface area contributed by atoms with Gasteiger partial charge in [-0.15, -0.1) is 11.6 Å². The molecule has 2 aliphatic heterocycles. The average molecular weight is 281 g/mol. The molecule has 0 spiro atoms. The minimum absolute atomic E-state index is 0.0435. The zero-order valence-corrected chi connectivity index (χ0v) is 12.4. The standard InChI is InChI=1S/C16H21ClO2/c1-16(2)10-19-14-6-5-11(8-13(14)16)15(17)12-4-3-7-18-9-12/h5-6,8,12,15H,3-4,7,9-10H2,1-2H3. The molecule has 0 aromatic heterocycles. The van der Waals surface area contributed by atoms with Crippen molar-refractivity contribution in [3.05, 3.63) is 29.3 Å². The first kappa shape index (κ1) is 13.3. The zero-order chi connectivity index (χ0) is 13.5. The van der Waals surface area contributed by atoms with Gasteiger partial charge in [0.05, 0.1) is 18.6 Å². The Labute approximate surface area is 120 Å². The smallest absolute Gasteiger partial charge is 0.123 e. The lowest BCUT2D eigenvalue weighted by atomic mass is 9.84. The molecule has 2 aliphatic rings. The fourth-order valence-corrected chi connectivity index (χ4v) is 3.31. The maximum Gasteiger partial charge on any atom is 0.123 e. The van der Waals surface area contributed by atoms with Crippen molar-refractivity contribution in [2.75, 3.05) is 19.8 Å². The molecule has 2 atom stereocenters. The van der Waals surface area contributed by atoms with Crippen LogP contribution in [0.15, 0.2) is 18.2 Å². The number of fused-ring (bicyclic) bond motifs is 1. The van der Waals surface area contributed by atoms with Gasteiger partial charge in [-0.1, -0.05) is 19.9 Å². The SMILES string of the molecule is CC1(C)COc2ccc(C(Cl)C3CCCOC3)cc21. The molecule has 2 nitrogen and oxygen atoms in total. The summed E-state index contributed by atoms with van der Waals surface area (Å²) in [4.78, 5) is 0. The zero-order valence-electron chi connectivity index (χ0n) is 11.6. The van der Waals surface area contributed by atoms with Gasteiger partial charge in [-0.05, 0) is 30.5 Å². The van der Waals surface area contributed by atoms with Crippen molar-refractivity contribution >= 4 is 11.6 Å². The van der Waals surface area contributed by atoms with Crippen LogP contribution in [0, 0.1) is 5.92 Å². The summed E-state index contributed by atoms with van der Waals surface area (Å²) in [5.74, 6) is 1.44. The normalized spacial score (nSPS) is 26.6. The highest BCUT2D eigenvalue weighted by Crippen LogP contribution is 2.42. The molecule has 0 aliphatic carbocycles. The van der Waals surface area contributed by atoms with Gasteiger partial charge in [-0.2, -0.15) is 0 Å². The number of hydrogen-bond acceptors (Lipinski definition) is 2. The van der Waals surface area contributed by atoms with Crippen LogP contribution in [0.25, 0.3) is 0 Å². The molecule has 0 bridgehead atoms. The van der Waals surface area contributed by atoms with E-state index < -0.39 is 0 Å². The van der Waals surface area contributed by atoms with Crippen LogP contribution in [0.2, 0.25) is 0 Å². The molecular weight excluding hydrogens is 260 g/mol. The Kier molecular flexibility index (Phi) is 3.48. The predicted molar refractivity (Wildman–Crippen MR) is 77.1 cm³/mol. The fraction of sp³-hybridized carbons (Fsp3) is 0.625. The van der Waals surface area contributed by atoms with Crippen LogP contribution >= 0.6 is 11.6 Å². The van der Waals surface area contributed by atoms with Gasteiger partial charge in [-0.3, -0.25) is 0 Å². The summed E-state index contributed by atoms with van der Waals surface area (Å²) < 4.78 is 11.3. The third-order valence-electron chi connectivity index (χ3n) is 4.25. The van der Waals surface area contributed by atoms with E-state index in [1.54, 1.807) is 0 Å². The van der Waals surface area contributed by atoms with Gasteiger partial charge in [0.1, 0.15) is 5.75 Å². The summed E-state index contributed by atoms with van der Waals surface area (Å²) >= 11 is 6.66. The number of hydrogen-bond donors (Lipinski definition) is 0. The number of ether oxygens (including phenoxy) is 2.